The van der Waals surface area contributed by atoms with Crippen molar-refractivity contribution in [3.8, 4) is 16.3 Å². The Morgan fingerprint density at radius 2 is 1.30 bits per heavy atom. The van der Waals surface area contributed by atoms with Crippen molar-refractivity contribution in [3.63, 3.8) is 0 Å². The van der Waals surface area contributed by atoms with Crippen molar-refractivity contribution in [2.24, 2.45) is 7.05 Å². The van der Waals surface area contributed by atoms with E-state index in [9.17, 15) is 0 Å². The monoisotopic (exact) mass is 511 g/mol. The Hall–Kier alpha value is -3.99. The highest BCUT2D eigenvalue weighted by atomic mass is 32.1. The summed E-state index contributed by atoms with van der Waals surface area (Å²) in [4.78, 5) is 1.36. The first-order chi connectivity index (χ1) is 18.2. The van der Waals surface area contributed by atoms with Gasteiger partial charge in [0.15, 0.2) is 6.20 Å². The summed E-state index contributed by atoms with van der Waals surface area (Å²) in [5, 5.41) is 6.60. The van der Waals surface area contributed by atoms with Crippen LogP contribution in [0.3, 0.4) is 0 Å². The van der Waals surface area contributed by atoms with Gasteiger partial charge in [0, 0.05) is 42.7 Å². The molecule has 0 saturated heterocycles. The third-order valence-corrected chi connectivity index (χ3v) is 10.1. The molecule has 4 heterocycles. The fourth-order valence-electron chi connectivity index (χ4n) is 5.87. The van der Waals surface area contributed by atoms with Crippen LogP contribution in [0, 0.1) is 6.92 Å². The molecule has 4 aromatic heterocycles. The van der Waals surface area contributed by atoms with Crippen LogP contribution in [0.4, 0.5) is 0 Å². The largest absolute Gasteiger partial charge is 0.309 e. The second-order valence-electron chi connectivity index (χ2n) is 9.72. The molecule has 0 aliphatic rings. The van der Waals surface area contributed by atoms with Crippen LogP contribution in [0.1, 0.15) is 5.56 Å². The van der Waals surface area contributed by atoms with Gasteiger partial charge in [0.25, 0.3) is 0 Å². The summed E-state index contributed by atoms with van der Waals surface area (Å²) in [5.74, 6) is 0. The lowest BCUT2D eigenvalue weighted by molar-refractivity contribution is -0.659. The zero-order valence-corrected chi connectivity index (χ0v) is 22.2. The van der Waals surface area contributed by atoms with E-state index < -0.39 is 0 Å². The van der Waals surface area contributed by atoms with Crippen LogP contribution in [0.25, 0.3) is 68.3 Å². The first kappa shape index (κ1) is 21.1. The average Bonchev–Trinajstić information content (AvgIpc) is 3.58. The minimum absolute atomic E-state index is 1.21. The van der Waals surface area contributed by atoms with E-state index in [1.165, 1.54) is 73.9 Å². The number of rotatable bonds is 2. The van der Waals surface area contributed by atoms with Gasteiger partial charge in [-0.3, -0.25) is 0 Å². The van der Waals surface area contributed by atoms with E-state index in [0.29, 0.717) is 0 Å². The number of benzene rings is 4. The number of fused-ring (bicyclic) bond motifs is 7. The van der Waals surface area contributed by atoms with Crippen LogP contribution in [0.15, 0.2) is 103 Å². The Morgan fingerprint density at radius 1 is 0.622 bits per heavy atom. The summed E-state index contributed by atoms with van der Waals surface area (Å²) in [6.07, 6.45) is 2.22. The maximum atomic E-state index is 2.41. The zero-order valence-electron chi connectivity index (χ0n) is 20.5. The Labute approximate surface area is 222 Å². The molecule has 37 heavy (non-hydrogen) atoms. The van der Waals surface area contributed by atoms with Crippen molar-refractivity contribution in [2.45, 2.75) is 6.92 Å². The molecule has 0 bridgehead atoms. The summed E-state index contributed by atoms with van der Waals surface area (Å²) < 4.78 is 8.73. The lowest BCUT2D eigenvalue weighted by atomic mass is 10.1. The van der Waals surface area contributed by atoms with Crippen LogP contribution < -0.4 is 4.57 Å². The summed E-state index contributed by atoms with van der Waals surface area (Å²) in [7, 11) is 2.17. The van der Waals surface area contributed by atoms with Crippen molar-refractivity contribution < 1.29 is 4.57 Å². The van der Waals surface area contributed by atoms with Gasteiger partial charge < -0.3 is 4.57 Å². The van der Waals surface area contributed by atoms with Crippen LogP contribution in [-0.4, -0.2) is 4.57 Å². The fraction of sp³-hybridized carbons (Fsp3) is 0.0606. The molecule has 8 aromatic rings. The number of para-hydroxylation sites is 2. The molecular formula is C33H23N2S2+. The Balaban J connectivity index is 1.41. The van der Waals surface area contributed by atoms with Crippen LogP contribution in [0.5, 0.6) is 0 Å². The average molecular weight is 512 g/mol. The number of aromatic nitrogens is 2. The van der Waals surface area contributed by atoms with Crippen molar-refractivity contribution >= 4 is 74.7 Å². The molecule has 0 aliphatic carbocycles. The van der Waals surface area contributed by atoms with E-state index in [1.54, 1.807) is 0 Å². The highest BCUT2D eigenvalue weighted by molar-refractivity contribution is 7.27. The van der Waals surface area contributed by atoms with Gasteiger partial charge >= 0.3 is 0 Å². The number of thiophene rings is 2. The molecule has 2 nitrogen and oxygen atoms in total. The summed E-state index contributed by atoms with van der Waals surface area (Å²) >= 11 is 3.81. The number of nitrogens with zero attached hydrogens (tertiary/aromatic N) is 2. The maximum Gasteiger partial charge on any atom is 0.240 e. The van der Waals surface area contributed by atoms with Crippen LogP contribution in [0.2, 0.25) is 0 Å². The topological polar surface area (TPSA) is 8.81 Å². The predicted octanol–water partition coefficient (Wildman–Crippen LogP) is 9.17. The Bertz CT molecular complexity index is 2120. The Kier molecular flexibility index (Phi) is 4.43. The van der Waals surface area contributed by atoms with Crippen LogP contribution >= 0.6 is 22.7 Å². The van der Waals surface area contributed by atoms with Gasteiger partial charge in [-0.2, -0.15) is 4.57 Å². The minimum atomic E-state index is 1.21. The summed E-state index contributed by atoms with van der Waals surface area (Å²) in [5.41, 5.74) is 6.39. The van der Waals surface area contributed by atoms with Crippen molar-refractivity contribution in [3.05, 3.63) is 109 Å². The lowest BCUT2D eigenvalue weighted by Gasteiger charge is -2.08. The minimum Gasteiger partial charge on any atom is -0.309 e. The molecule has 0 aliphatic heterocycles. The highest BCUT2D eigenvalue weighted by Gasteiger charge is 2.24. The molecule has 0 N–H and O–H groups in total. The molecule has 8 rings (SSSR count). The molecule has 4 aromatic carbocycles. The van der Waals surface area contributed by atoms with Gasteiger partial charge in [-0.25, -0.2) is 0 Å². The second-order valence-corrected chi connectivity index (χ2v) is 11.8. The third kappa shape index (κ3) is 2.94. The molecule has 4 heteroatoms. The SMILES string of the molecule is Cc1c(-c2c3sc4cc(-n5c6ccccc6c6ccccc65)ccc4c3cc[n+]2C)sc2ccccc12. The van der Waals surface area contributed by atoms with E-state index in [2.05, 4.69) is 126 Å². The zero-order chi connectivity index (χ0) is 24.7. The molecule has 0 atom stereocenters. The molecule has 0 unspecified atom stereocenters. The maximum absolute atomic E-state index is 2.41. The van der Waals surface area contributed by atoms with Crippen molar-refractivity contribution in [1.29, 1.82) is 0 Å². The van der Waals surface area contributed by atoms with Gasteiger partial charge in [-0.1, -0.05) is 60.7 Å². The van der Waals surface area contributed by atoms with E-state index in [4.69, 9.17) is 0 Å². The third-order valence-electron chi connectivity index (χ3n) is 7.64. The lowest BCUT2D eigenvalue weighted by Crippen LogP contribution is -2.30. The fourth-order valence-corrected chi connectivity index (χ4v) is 8.56. The van der Waals surface area contributed by atoms with Gasteiger partial charge in [0.2, 0.25) is 5.69 Å². The molecule has 0 spiro atoms. The predicted molar refractivity (Wildman–Crippen MR) is 160 cm³/mol. The number of pyridine rings is 1. The highest BCUT2D eigenvalue weighted by Crippen LogP contribution is 2.44. The second kappa shape index (κ2) is 7.75. The van der Waals surface area contributed by atoms with Gasteiger partial charge in [0.1, 0.15) is 16.6 Å². The normalized spacial score (nSPS) is 12.1. The molecule has 0 radical (unpaired) electrons. The van der Waals surface area contributed by atoms with Gasteiger partial charge in [-0.15, -0.1) is 22.7 Å². The molecule has 0 amide bonds. The van der Waals surface area contributed by atoms with E-state index >= 15 is 0 Å². The first-order valence-corrected chi connectivity index (χ1v) is 14.1. The molecular weight excluding hydrogens is 489 g/mol. The molecule has 0 fully saturated rings. The van der Waals surface area contributed by atoms with E-state index in [0.717, 1.165) is 0 Å². The number of hydrogen-bond donors (Lipinski definition) is 0. The van der Waals surface area contributed by atoms with Crippen LogP contribution in [-0.2, 0) is 7.05 Å². The van der Waals surface area contributed by atoms with E-state index in [1.807, 2.05) is 22.7 Å². The summed E-state index contributed by atoms with van der Waals surface area (Å²) in [6, 6.07) is 35.5. The number of hydrogen-bond acceptors (Lipinski definition) is 2. The first-order valence-electron chi connectivity index (χ1n) is 12.5. The van der Waals surface area contributed by atoms with Crippen molar-refractivity contribution in [1.82, 2.24) is 4.57 Å². The quantitative estimate of drug-likeness (QED) is 0.205. The molecule has 176 valence electrons. The van der Waals surface area contributed by atoms with Crippen molar-refractivity contribution in [2.75, 3.05) is 0 Å². The van der Waals surface area contributed by atoms with E-state index in [-0.39, 0.29) is 0 Å². The smallest absolute Gasteiger partial charge is 0.240 e. The standard InChI is InChI=1S/C33H23N2S2/c1-20-22-9-5-8-14-29(22)36-32(20)31-33-26(17-18-34(31)2)25-16-15-21(19-30(25)37-33)35-27-12-6-3-10-23(27)24-11-4-7-13-28(24)35/h3-19H,1-2H3/q+1. The molecule has 0 saturated carbocycles. The van der Waals surface area contributed by atoms with Gasteiger partial charge in [0.05, 0.1) is 11.0 Å². The number of aryl methyl sites for hydroxylation is 2. The van der Waals surface area contributed by atoms with Gasteiger partial charge in [-0.05, 0) is 48.2 Å². The summed E-state index contributed by atoms with van der Waals surface area (Å²) in [6.45, 7) is 2.26. The Morgan fingerprint density at radius 3 is 2.03 bits per heavy atom.